The van der Waals surface area contributed by atoms with Crippen LogP contribution in [0, 0.1) is 18.3 Å². The third-order valence-corrected chi connectivity index (χ3v) is 7.25. The van der Waals surface area contributed by atoms with E-state index >= 15 is 0 Å². The molecule has 2 aliphatic rings. The average molecular weight is 490 g/mol. The minimum atomic E-state index is -1.19. The highest BCUT2D eigenvalue weighted by atomic mass is 35.5. The molecular weight excluding hydrogens is 474 g/mol. The van der Waals surface area contributed by atoms with Crippen molar-refractivity contribution >= 4 is 22.5 Å². The molecule has 0 aliphatic carbocycles. The third-order valence-electron chi connectivity index (χ3n) is 7.01. The fourth-order valence-corrected chi connectivity index (χ4v) is 5.69. The van der Waals surface area contributed by atoms with Crippen molar-refractivity contribution in [3.63, 3.8) is 0 Å². The monoisotopic (exact) mass is 489 g/mol. The Hall–Kier alpha value is -4.67. The fourth-order valence-electron chi connectivity index (χ4n) is 5.50. The zero-order valence-electron chi connectivity index (χ0n) is 18.9. The van der Waals surface area contributed by atoms with Gasteiger partial charge in [-0.3, -0.25) is 14.5 Å². The van der Waals surface area contributed by atoms with Gasteiger partial charge in [0.25, 0.3) is 5.56 Å². The van der Waals surface area contributed by atoms with Crippen LogP contribution in [0.3, 0.4) is 0 Å². The third kappa shape index (κ3) is 2.48. The number of aryl methyl sites for hydroxylation is 1. The summed E-state index contributed by atoms with van der Waals surface area (Å²) in [6.45, 7) is 1.87. The predicted molar refractivity (Wildman–Crippen MR) is 135 cm³/mol. The number of ether oxygens (including phenoxy) is 1. The van der Waals surface area contributed by atoms with Crippen molar-refractivity contribution in [3.8, 4) is 28.8 Å². The average Bonchev–Trinajstić information content (AvgIpc) is 3.41. The van der Waals surface area contributed by atoms with Gasteiger partial charge in [-0.25, -0.2) is 4.98 Å². The summed E-state index contributed by atoms with van der Waals surface area (Å²) in [6.07, 6.45) is 1.41. The Balaban J connectivity index is 1.68. The lowest BCUT2D eigenvalue weighted by Crippen LogP contribution is -2.36. The molecule has 0 radical (unpaired) electrons. The second kappa shape index (κ2) is 7.17. The molecule has 1 spiro atoms. The molecule has 0 fully saturated rings. The molecule has 1 N–H and O–H groups in total. The SMILES string of the molecule is Cc1[nH]nc2c1[C@@]1(C(C#N)=CO2)c2cc(-c3cccc(Cl)c3)ccc2-n2c1nc1ccccc1c2=O. The summed E-state index contributed by atoms with van der Waals surface area (Å²) in [7, 11) is 0. The van der Waals surface area contributed by atoms with Crippen LogP contribution in [0.25, 0.3) is 27.7 Å². The molecule has 0 saturated carbocycles. The summed E-state index contributed by atoms with van der Waals surface area (Å²) in [5.41, 5.74) is 4.10. The lowest BCUT2D eigenvalue weighted by molar-refractivity contribution is 0.419. The summed E-state index contributed by atoms with van der Waals surface area (Å²) < 4.78 is 7.37. The Kier molecular flexibility index (Phi) is 4.12. The van der Waals surface area contributed by atoms with Crippen molar-refractivity contribution in [1.82, 2.24) is 19.7 Å². The zero-order valence-corrected chi connectivity index (χ0v) is 19.7. The van der Waals surface area contributed by atoms with E-state index in [1.54, 1.807) is 10.6 Å². The van der Waals surface area contributed by atoms with Crippen molar-refractivity contribution in [2.45, 2.75) is 12.3 Å². The van der Waals surface area contributed by atoms with E-state index in [-0.39, 0.29) is 5.56 Å². The van der Waals surface area contributed by atoms with Crippen molar-refractivity contribution < 1.29 is 4.74 Å². The second-order valence-electron chi connectivity index (χ2n) is 8.88. The summed E-state index contributed by atoms with van der Waals surface area (Å²) in [6, 6.07) is 23.0. The maximum Gasteiger partial charge on any atom is 0.266 e. The van der Waals surface area contributed by atoms with E-state index in [1.807, 2.05) is 67.6 Å². The lowest BCUT2D eigenvalue weighted by atomic mass is 9.68. The van der Waals surface area contributed by atoms with E-state index in [2.05, 4.69) is 16.3 Å². The van der Waals surface area contributed by atoms with E-state index in [0.717, 1.165) is 22.4 Å². The van der Waals surface area contributed by atoms with E-state index in [0.29, 0.717) is 44.5 Å². The molecule has 7 nitrogen and oxygen atoms in total. The van der Waals surface area contributed by atoms with Crippen molar-refractivity contribution in [1.29, 1.82) is 5.26 Å². The van der Waals surface area contributed by atoms with Gasteiger partial charge in [0, 0.05) is 16.3 Å². The number of aromatic amines is 1. The first-order valence-electron chi connectivity index (χ1n) is 11.3. The smallest absolute Gasteiger partial charge is 0.266 e. The van der Waals surface area contributed by atoms with E-state index in [4.69, 9.17) is 21.3 Å². The van der Waals surface area contributed by atoms with E-state index in [1.165, 1.54) is 6.26 Å². The highest BCUT2D eigenvalue weighted by Crippen LogP contribution is 2.56. The summed E-state index contributed by atoms with van der Waals surface area (Å²) in [5.74, 6) is 0.785. The van der Waals surface area contributed by atoms with Gasteiger partial charge in [0.2, 0.25) is 5.88 Å². The number of hydrogen-bond donors (Lipinski definition) is 1. The second-order valence-corrected chi connectivity index (χ2v) is 9.31. The molecular formula is C28H16ClN5O2. The van der Waals surface area contributed by atoms with Gasteiger partial charge < -0.3 is 4.74 Å². The molecule has 2 aromatic heterocycles. The Bertz CT molecular complexity index is 1890. The molecule has 0 saturated heterocycles. The number of nitrogens with zero attached hydrogens (tertiary/aromatic N) is 4. The van der Waals surface area contributed by atoms with Crippen LogP contribution in [0.1, 0.15) is 22.6 Å². The van der Waals surface area contributed by atoms with Gasteiger partial charge in [0.05, 0.1) is 33.8 Å². The predicted octanol–water partition coefficient (Wildman–Crippen LogP) is 5.19. The minimum absolute atomic E-state index is 0.198. The van der Waals surface area contributed by atoms with Crippen LogP contribution in [0.5, 0.6) is 5.88 Å². The topological polar surface area (TPSA) is 96.6 Å². The van der Waals surface area contributed by atoms with Gasteiger partial charge in [-0.05, 0) is 54.4 Å². The highest BCUT2D eigenvalue weighted by Gasteiger charge is 2.55. The molecule has 4 heterocycles. The Labute approximate surface area is 209 Å². The summed E-state index contributed by atoms with van der Waals surface area (Å²) in [5, 5.41) is 18.8. The van der Waals surface area contributed by atoms with Gasteiger partial charge in [-0.15, -0.1) is 5.10 Å². The van der Waals surface area contributed by atoms with Gasteiger partial charge in [-0.1, -0.05) is 41.9 Å². The number of fused-ring (bicyclic) bond motifs is 8. The van der Waals surface area contributed by atoms with Crippen LogP contribution in [0.4, 0.5) is 0 Å². The van der Waals surface area contributed by atoms with Crippen LogP contribution >= 0.6 is 11.6 Å². The number of aromatic nitrogens is 4. The van der Waals surface area contributed by atoms with Crippen LogP contribution in [0.15, 0.2) is 83.4 Å². The molecule has 3 aromatic carbocycles. The normalized spacial score (nSPS) is 17.2. The zero-order chi connectivity index (χ0) is 24.6. The summed E-state index contributed by atoms with van der Waals surface area (Å²) >= 11 is 6.29. The fraction of sp³-hybridized carbons (Fsp3) is 0.0714. The number of nitriles is 1. The number of allylic oxidation sites excluding steroid dienone is 1. The molecule has 1 atom stereocenters. The van der Waals surface area contributed by atoms with E-state index in [9.17, 15) is 10.1 Å². The number of rotatable bonds is 1. The van der Waals surface area contributed by atoms with Crippen LogP contribution in [-0.2, 0) is 5.41 Å². The van der Waals surface area contributed by atoms with Crippen molar-refractivity contribution in [3.05, 3.63) is 117 Å². The lowest BCUT2D eigenvalue weighted by Gasteiger charge is -2.32. The van der Waals surface area contributed by atoms with Gasteiger partial charge in [0.1, 0.15) is 17.5 Å². The molecule has 172 valence electrons. The number of benzene rings is 3. The van der Waals surface area contributed by atoms with Crippen molar-refractivity contribution in [2.75, 3.05) is 0 Å². The summed E-state index contributed by atoms with van der Waals surface area (Å²) in [4.78, 5) is 18.9. The van der Waals surface area contributed by atoms with Crippen molar-refractivity contribution in [2.24, 2.45) is 0 Å². The Morgan fingerprint density at radius 3 is 2.75 bits per heavy atom. The Morgan fingerprint density at radius 2 is 1.92 bits per heavy atom. The number of halogens is 1. The number of nitrogens with one attached hydrogen (secondary N) is 1. The maximum absolute atomic E-state index is 13.9. The van der Waals surface area contributed by atoms with E-state index < -0.39 is 5.41 Å². The highest BCUT2D eigenvalue weighted by molar-refractivity contribution is 6.30. The molecule has 8 heteroatoms. The number of H-pyrrole nitrogens is 1. The largest absolute Gasteiger partial charge is 0.444 e. The van der Waals surface area contributed by atoms with Gasteiger partial charge in [0.15, 0.2) is 0 Å². The maximum atomic E-state index is 13.9. The molecule has 0 bridgehead atoms. The molecule has 0 unspecified atom stereocenters. The van der Waals surface area contributed by atoms with Gasteiger partial charge >= 0.3 is 0 Å². The minimum Gasteiger partial charge on any atom is -0.444 e. The first-order valence-corrected chi connectivity index (χ1v) is 11.7. The van der Waals surface area contributed by atoms with Crippen LogP contribution in [0.2, 0.25) is 5.02 Å². The molecule has 7 rings (SSSR count). The van der Waals surface area contributed by atoms with Crippen LogP contribution < -0.4 is 10.3 Å². The standard InChI is InChI=1S/C28H16ClN5O2/c1-15-24-25(33-32-15)36-14-18(13-30)28(24)21-12-17(16-5-4-6-19(29)11-16)9-10-23(21)34-26(35)20-7-2-3-8-22(20)31-27(28)34/h2-12,14H,1H3,(H,32,33)/t28-/m1/s1. The molecule has 0 amide bonds. The number of hydrogen-bond acceptors (Lipinski definition) is 5. The van der Waals surface area contributed by atoms with Gasteiger partial charge in [-0.2, -0.15) is 5.26 Å². The van der Waals surface area contributed by atoms with Crippen LogP contribution in [-0.4, -0.2) is 19.7 Å². The molecule has 36 heavy (non-hydrogen) atoms. The first-order chi connectivity index (χ1) is 17.5. The molecule has 5 aromatic rings. The number of para-hydroxylation sites is 1. The Morgan fingerprint density at radius 1 is 1.08 bits per heavy atom. The first kappa shape index (κ1) is 20.7. The molecule has 2 aliphatic heterocycles. The quantitative estimate of drug-likeness (QED) is 0.349.